The summed E-state index contributed by atoms with van der Waals surface area (Å²) >= 11 is 3.84. The Balaban J connectivity index is 1.17. The molecular formula is C61H48N2S2. The highest BCUT2D eigenvalue weighted by molar-refractivity contribution is 7.26. The van der Waals surface area contributed by atoms with E-state index in [0.717, 1.165) is 19.3 Å². The lowest BCUT2D eigenvalue weighted by Crippen LogP contribution is -2.24. The fourth-order valence-corrected chi connectivity index (χ4v) is 13.8. The van der Waals surface area contributed by atoms with Crippen molar-refractivity contribution in [3.63, 3.8) is 0 Å². The van der Waals surface area contributed by atoms with Crippen molar-refractivity contribution in [2.75, 3.05) is 9.80 Å². The molecular weight excluding hydrogens is 825 g/mol. The molecule has 13 rings (SSSR count). The Morgan fingerprint density at radius 1 is 0.523 bits per heavy atom. The summed E-state index contributed by atoms with van der Waals surface area (Å²) < 4.78 is 3.96. The lowest BCUT2D eigenvalue weighted by molar-refractivity contribution is 0.475. The maximum atomic E-state index is 2.61. The second kappa shape index (κ2) is 14.7. The molecule has 0 fully saturated rings. The average molecular weight is 873 g/mol. The van der Waals surface area contributed by atoms with Gasteiger partial charge in [-0.2, -0.15) is 0 Å². The first-order valence-electron chi connectivity index (χ1n) is 23.1. The lowest BCUT2D eigenvalue weighted by atomic mass is 9.70. The number of anilines is 6. The molecule has 2 nitrogen and oxygen atoms in total. The van der Waals surface area contributed by atoms with E-state index in [-0.39, 0.29) is 5.41 Å². The van der Waals surface area contributed by atoms with E-state index < -0.39 is 0 Å². The highest BCUT2D eigenvalue weighted by Gasteiger charge is 2.34. The van der Waals surface area contributed by atoms with Crippen molar-refractivity contribution in [2.45, 2.75) is 58.3 Å². The number of aryl methyl sites for hydroxylation is 1. The average Bonchev–Trinajstić information content (AvgIpc) is 3.80. The molecule has 0 N–H and O–H groups in total. The molecule has 0 atom stereocenters. The van der Waals surface area contributed by atoms with Crippen molar-refractivity contribution in [3.05, 3.63) is 197 Å². The lowest BCUT2D eigenvalue weighted by Gasteiger charge is -2.37. The topological polar surface area (TPSA) is 6.48 Å². The van der Waals surface area contributed by atoms with Crippen LogP contribution in [0.1, 0.15) is 67.2 Å². The number of para-hydroxylation sites is 2. The van der Waals surface area contributed by atoms with Gasteiger partial charge >= 0.3 is 0 Å². The molecule has 4 heteroatoms. The number of thiophene rings is 2. The molecule has 0 saturated heterocycles. The number of benzene rings is 9. The summed E-state index contributed by atoms with van der Waals surface area (Å²) in [5.74, 6) is 0.301. The van der Waals surface area contributed by atoms with Gasteiger partial charge in [0.2, 0.25) is 0 Å². The number of allylic oxidation sites excluding steroid dienone is 3. The quantitative estimate of drug-likeness (QED) is 0.147. The van der Waals surface area contributed by atoms with Crippen molar-refractivity contribution in [1.82, 2.24) is 0 Å². The Hall–Kier alpha value is -6.72. The normalized spacial score (nSPS) is 14.4. The highest BCUT2D eigenvalue weighted by Crippen LogP contribution is 2.56. The van der Waals surface area contributed by atoms with Crippen LogP contribution >= 0.6 is 22.7 Å². The number of hydrogen-bond donors (Lipinski definition) is 0. The van der Waals surface area contributed by atoms with Gasteiger partial charge in [0.15, 0.2) is 0 Å². The van der Waals surface area contributed by atoms with Crippen molar-refractivity contribution >= 4 is 125 Å². The van der Waals surface area contributed by atoms with Crippen molar-refractivity contribution in [2.24, 2.45) is 0 Å². The molecule has 0 aliphatic heterocycles. The third-order valence-corrected chi connectivity index (χ3v) is 16.9. The van der Waals surface area contributed by atoms with Crippen LogP contribution in [-0.2, 0) is 18.3 Å². The number of nitrogens with zero attached hydrogens (tertiary/aromatic N) is 2. The van der Waals surface area contributed by atoms with Gasteiger partial charge in [0, 0.05) is 47.9 Å². The highest BCUT2D eigenvalue weighted by atomic mass is 32.1. The first kappa shape index (κ1) is 38.7. The third kappa shape index (κ3) is 5.83. The Morgan fingerprint density at radius 2 is 1.17 bits per heavy atom. The molecule has 2 aliphatic rings. The van der Waals surface area contributed by atoms with Gasteiger partial charge in [-0.3, -0.25) is 0 Å². The summed E-state index contributed by atoms with van der Waals surface area (Å²) in [6, 6.07) is 57.6. The molecule has 9 aromatic carbocycles. The molecule has 2 aromatic heterocycles. The van der Waals surface area contributed by atoms with E-state index in [0.29, 0.717) is 5.92 Å². The number of hydrogen-bond acceptors (Lipinski definition) is 4. The van der Waals surface area contributed by atoms with Crippen LogP contribution in [0.4, 0.5) is 34.1 Å². The van der Waals surface area contributed by atoms with E-state index in [2.05, 4.69) is 213 Å². The van der Waals surface area contributed by atoms with Crippen LogP contribution in [0.15, 0.2) is 170 Å². The summed E-state index contributed by atoms with van der Waals surface area (Å²) in [4.78, 5) is 6.52. The van der Waals surface area contributed by atoms with E-state index in [4.69, 9.17) is 0 Å². The summed E-state index contributed by atoms with van der Waals surface area (Å²) in [5.41, 5.74) is 13.0. The van der Waals surface area contributed by atoms with Crippen LogP contribution in [0.3, 0.4) is 0 Å². The van der Waals surface area contributed by atoms with Gasteiger partial charge in [0.1, 0.15) is 0 Å². The van der Waals surface area contributed by atoms with Crippen molar-refractivity contribution in [3.8, 4) is 0 Å². The molecule has 2 heterocycles. The van der Waals surface area contributed by atoms with Crippen LogP contribution in [-0.4, -0.2) is 0 Å². The summed E-state index contributed by atoms with van der Waals surface area (Å²) in [6.07, 6.45) is 12.0. The molecule has 0 spiro atoms. The summed E-state index contributed by atoms with van der Waals surface area (Å²) in [7, 11) is 0. The number of fused-ring (bicyclic) bond motifs is 6. The standard InChI is InChI=1S/C61H48N2S2/c1-37(2)47-36-53(63(40-20-10-6-11-21-40)51-27-17-25-45-42-23-14-15-29-55(42)65-60(45)51)48-35-49-56-38(32-33-61(49,3)4)34-52(46-31-30-43(47)57(48)58(46)56)62(39-18-8-5-9-19-39)50-26-16-24-44-41-22-12-7-13-28-54(41)64-59(44)50/h5-21,23-31,34-37H,22,32-33H2,1-4H3. The molecule has 0 radical (unpaired) electrons. The van der Waals surface area contributed by atoms with Gasteiger partial charge in [-0.15, -0.1) is 22.7 Å². The second-order valence-corrected chi connectivity index (χ2v) is 21.1. The van der Waals surface area contributed by atoms with Crippen LogP contribution in [0.5, 0.6) is 0 Å². The first-order valence-corrected chi connectivity index (χ1v) is 24.8. The van der Waals surface area contributed by atoms with E-state index in [1.807, 2.05) is 22.7 Å². The van der Waals surface area contributed by atoms with Crippen LogP contribution < -0.4 is 9.80 Å². The van der Waals surface area contributed by atoms with Gasteiger partial charge in [-0.05, 0) is 141 Å². The Morgan fingerprint density at radius 3 is 1.91 bits per heavy atom. The molecule has 0 bridgehead atoms. The molecule has 11 aromatic rings. The van der Waals surface area contributed by atoms with Gasteiger partial charge < -0.3 is 9.80 Å². The van der Waals surface area contributed by atoms with E-state index in [1.54, 1.807) is 0 Å². The van der Waals surface area contributed by atoms with Gasteiger partial charge in [-0.1, -0.05) is 137 Å². The Labute approximate surface area is 388 Å². The largest absolute Gasteiger partial charge is 0.308 e. The van der Waals surface area contributed by atoms with E-state index in [9.17, 15) is 0 Å². The maximum absolute atomic E-state index is 2.61. The predicted molar refractivity (Wildman–Crippen MR) is 285 cm³/mol. The fraction of sp³-hybridized carbons (Fsp3) is 0.148. The molecule has 0 saturated carbocycles. The van der Waals surface area contributed by atoms with Gasteiger partial charge in [-0.25, -0.2) is 0 Å². The summed E-state index contributed by atoms with van der Waals surface area (Å²) in [6.45, 7) is 9.69. The van der Waals surface area contributed by atoms with Crippen molar-refractivity contribution in [1.29, 1.82) is 0 Å². The fourth-order valence-electron chi connectivity index (χ4n) is 11.3. The first-order chi connectivity index (χ1) is 31.8. The third-order valence-electron chi connectivity index (χ3n) is 14.5. The van der Waals surface area contributed by atoms with Crippen LogP contribution in [0.2, 0.25) is 0 Å². The predicted octanol–water partition coefficient (Wildman–Crippen LogP) is 18.6. The minimum absolute atomic E-state index is 0.0141. The zero-order valence-corrected chi connectivity index (χ0v) is 38.8. The SMILES string of the molecule is CC(C)c1cc(N(c2ccccc2)c2cccc3c2sc2ccccc23)c2cc3c4c(cc(N(c5ccccc5)c5cccc6c7c(sc56)C=CC=CC7)c5ccc1c2c54)CCC3(C)C. The number of rotatable bonds is 7. The minimum Gasteiger partial charge on any atom is -0.308 e. The van der Waals surface area contributed by atoms with Crippen LogP contribution in [0.25, 0.3) is 68.7 Å². The molecule has 0 unspecified atom stereocenters. The molecule has 2 aliphatic carbocycles. The van der Waals surface area contributed by atoms with Crippen LogP contribution in [0, 0.1) is 0 Å². The Bertz CT molecular complexity index is 3750. The molecule has 65 heavy (non-hydrogen) atoms. The Kier molecular flexibility index (Phi) is 8.73. The zero-order chi connectivity index (χ0) is 43.6. The second-order valence-electron chi connectivity index (χ2n) is 19.0. The van der Waals surface area contributed by atoms with E-state index >= 15 is 0 Å². The van der Waals surface area contributed by atoms with Crippen molar-refractivity contribution < 1.29 is 0 Å². The minimum atomic E-state index is -0.0141. The zero-order valence-electron chi connectivity index (χ0n) is 37.2. The monoisotopic (exact) mass is 872 g/mol. The smallest absolute Gasteiger partial charge is 0.0640 e. The maximum Gasteiger partial charge on any atom is 0.0640 e. The molecule has 314 valence electrons. The molecule has 0 amide bonds. The van der Waals surface area contributed by atoms with Gasteiger partial charge in [0.05, 0.1) is 32.1 Å². The van der Waals surface area contributed by atoms with Gasteiger partial charge in [0.25, 0.3) is 0 Å². The summed E-state index contributed by atoms with van der Waals surface area (Å²) in [5, 5.41) is 12.2. The van der Waals surface area contributed by atoms with E-state index in [1.165, 1.54) is 124 Å².